The molecule has 3 heterocycles. The maximum atomic E-state index is 12.3. The molecule has 0 atom stereocenters. The van der Waals surface area contributed by atoms with Crippen LogP contribution in [-0.2, 0) is 4.74 Å². The van der Waals surface area contributed by atoms with Crippen LogP contribution in [0.3, 0.4) is 0 Å². The number of rotatable bonds is 11. The smallest absolute Gasteiger partial charge is 0.410 e. The van der Waals surface area contributed by atoms with E-state index in [1.165, 1.54) is 25.9 Å². The van der Waals surface area contributed by atoms with Gasteiger partial charge < -0.3 is 34.6 Å². The molecule has 0 radical (unpaired) electrons. The van der Waals surface area contributed by atoms with Gasteiger partial charge in [0.1, 0.15) is 11.4 Å². The molecule has 1 aromatic heterocycles. The lowest BCUT2D eigenvalue weighted by Gasteiger charge is -2.33. The highest BCUT2D eigenvalue weighted by atomic mass is 16.6. The number of nitrogens with zero attached hydrogens (tertiary/aromatic N) is 3. The highest BCUT2D eigenvalue weighted by Crippen LogP contribution is 2.32. The van der Waals surface area contributed by atoms with Gasteiger partial charge in [-0.2, -0.15) is 0 Å². The number of likely N-dealkylation sites (tertiary alicyclic amines) is 2. The number of hydrogen-bond donors (Lipinski definition) is 2. The minimum Gasteiger partial charge on any atom is -0.493 e. The minimum atomic E-state index is -0.465. The average Bonchev–Trinajstić information content (AvgIpc) is 3.43. The number of amides is 1. The third-order valence-electron chi connectivity index (χ3n) is 7.13. The summed E-state index contributed by atoms with van der Waals surface area (Å²) in [5.41, 5.74) is 1.41. The topological polar surface area (TPSA) is 88.2 Å². The summed E-state index contributed by atoms with van der Waals surface area (Å²) in [4.78, 5) is 21.1. The largest absolute Gasteiger partial charge is 0.493 e. The van der Waals surface area contributed by atoms with Crippen LogP contribution in [-0.4, -0.2) is 79.5 Å². The number of hydrogen-bond acceptors (Lipinski definition) is 8. The minimum absolute atomic E-state index is 0.219. The van der Waals surface area contributed by atoms with Crippen molar-refractivity contribution in [2.75, 3.05) is 63.6 Å². The van der Waals surface area contributed by atoms with Gasteiger partial charge in [0.05, 0.1) is 13.7 Å². The van der Waals surface area contributed by atoms with E-state index in [0.29, 0.717) is 12.5 Å². The molecule has 2 fully saturated rings. The zero-order valence-corrected chi connectivity index (χ0v) is 24.0. The van der Waals surface area contributed by atoms with E-state index in [2.05, 4.69) is 20.5 Å². The number of aromatic nitrogens is 1. The van der Waals surface area contributed by atoms with Crippen LogP contribution in [0, 0.1) is 5.92 Å². The van der Waals surface area contributed by atoms with Crippen LogP contribution < -0.4 is 20.1 Å². The van der Waals surface area contributed by atoms with Gasteiger partial charge in [0.15, 0.2) is 11.5 Å². The van der Waals surface area contributed by atoms with E-state index in [1.807, 2.05) is 56.0 Å². The van der Waals surface area contributed by atoms with Crippen molar-refractivity contribution in [1.82, 2.24) is 14.8 Å². The van der Waals surface area contributed by atoms with Gasteiger partial charge in [-0.15, -0.1) is 0 Å². The number of nitrogens with one attached hydrogen (secondary N) is 2. The number of carbonyl (C=O) groups is 1. The molecule has 0 bridgehead atoms. The fourth-order valence-electron chi connectivity index (χ4n) is 5.01. The van der Waals surface area contributed by atoms with E-state index in [9.17, 15) is 4.79 Å². The molecule has 9 nitrogen and oxygen atoms in total. The Hall–Kier alpha value is -3.20. The summed E-state index contributed by atoms with van der Waals surface area (Å²) < 4.78 is 17.1. The Labute approximate surface area is 233 Å². The second-order valence-corrected chi connectivity index (χ2v) is 11.5. The Balaban J connectivity index is 1.24. The van der Waals surface area contributed by atoms with Crippen molar-refractivity contribution in [3.8, 4) is 11.5 Å². The maximum Gasteiger partial charge on any atom is 0.410 e. The number of pyridine rings is 1. The molecule has 2 saturated heterocycles. The van der Waals surface area contributed by atoms with E-state index in [1.54, 1.807) is 13.3 Å². The highest BCUT2D eigenvalue weighted by molar-refractivity contribution is 5.68. The molecule has 0 saturated carbocycles. The molecule has 39 heavy (non-hydrogen) atoms. The van der Waals surface area contributed by atoms with Crippen molar-refractivity contribution in [2.24, 2.45) is 5.92 Å². The van der Waals surface area contributed by atoms with Crippen LogP contribution in [0.15, 0.2) is 36.5 Å². The molecule has 2 aliphatic rings. The van der Waals surface area contributed by atoms with Crippen LogP contribution in [0.1, 0.15) is 52.9 Å². The summed E-state index contributed by atoms with van der Waals surface area (Å²) in [7, 11) is 1.67. The zero-order chi connectivity index (χ0) is 27.7. The third kappa shape index (κ3) is 9.20. The predicted molar refractivity (Wildman–Crippen MR) is 155 cm³/mol. The van der Waals surface area contributed by atoms with Gasteiger partial charge in [-0.25, -0.2) is 9.78 Å². The third-order valence-corrected chi connectivity index (χ3v) is 7.13. The Kier molecular flexibility index (Phi) is 10.1. The van der Waals surface area contributed by atoms with Crippen LogP contribution in [0.25, 0.3) is 0 Å². The van der Waals surface area contributed by atoms with Crippen molar-refractivity contribution in [3.05, 3.63) is 36.5 Å². The Bertz CT molecular complexity index is 1060. The summed E-state index contributed by atoms with van der Waals surface area (Å²) in [6.07, 6.45) is 7.08. The lowest BCUT2D eigenvalue weighted by atomic mass is 9.97. The molecular weight excluding hydrogens is 494 g/mol. The van der Waals surface area contributed by atoms with Gasteiger partial charge >= 0.3 is 6.09 Å². The maximum absolute atomic E-state index is 12.3. The molecule has 4 rings (SSSR count). The second kappa shape index (κ2) is 13.7. The van der Waals surface area contributed by atoms with Gasteiger partial charge in [-0.05, 0) is 90.1 Å². The number of ether oxygens (including phenoxy) is 3. The molecule has 2 aromatic rings. The molecule has 1 aromatic carbocycles. The normalized spacial score (nSPS) is 16.7. The summed E-state index contributed by atoms with van der Waals surface area (Å²) in [5.74, 6) is 2.78. The lowest BCUT2D eigenvalue weighted by Crippen LogP contribution is -2.42. The SMILES string of the molecule is COc1ccc(Nc2ccnc(NCC3CCN(C(=O)OC(C)(C)C)CC3)c2)cc1OCCCN1CCCC1. The molecule has 9 heteroatoms. The monoisotopic (exact) mass is 539 g/mol. The first-order valence-corrected chi connectivity index (χ1v) is 14.3. The molecule has 2 N–H and O–H groups in total. The van der Waals surface area contributed by atoms with Crippen molar-refractivity contribution in [1.29, 1.82) is 0 Å². The number of carbonyl (C=O) groups excluding carboxylic acids is 1. The lowest BCUT2D eigenvalue weighted by molar-refractivity contribution is 0.0188. The van der Waals surface area contributed by atoms with Gasteiger partial charge in [0.25, 0.3) is 0 Å². The first-order chi connectivity index (χ1) is 18.8. The van der Waals surface area contributed by atoms with Crippen molar-refractivity contribution >= 4 is 23.3 Å². The van der Waals surface area contributed by atoms with Gasteiger partial charge in [0, 0.05) is 55.9 Å². The van der Waals surface area contributed by atoms with E-state index in [0.717, 1.165) is 74.1 Å². The first kappa shape index (κ1) is 28.8. The quantitative estimate of drug-likeness (QED) is 0.349. The Morgan fingerprint density at radius 2 is 1.77 bits per heavy atom. The zero-order valence-electron chi connectivity index (χ0n) is 24.0. The van der Waals surface area contributed by atoms with E-state index >= 15 is 0 Å². The summed E-state index contributed by atoms with van der Waals surface area (Å²) in [5, 5.41) is 6.94. The molecule has 2 aliphatic heterocycles. The van der Waals surface area contributed by atoms with Crippen LogP contribution in [0.5, 0.6) is 11.5 Å². The molecule has 0 spiro atoms. The first-order valence-electron chi connectivity index (χ1n) is 14.3. The standard InChI is InChI=1S/C30H45N5O4/c1-30(2,3)39-29(36)35-17-11-23(12-18-35)22-32-28-21-25(10-13-31-28)33-24-8-9-26(37-4)27(20-24)38-19-7-16-34-14-5-6-15-34/h8-10,13,20-21,23H,5-7,11-12,14-19,22H2,1-4H3,(H2,31,32,33). The molecule has 0 unspecified atom stereocenters. The van der Waals surface area contributed by atoms with E-state index in [-0.39, 0.29) is 6.09 Å². The van der Waals surface area contributed by atoms with Gasteiger partial charge in [0.2, 0.25) is 0 Å². The predicted octanol–water partition coefficient (Wildman–Crippen LogP) is 5.76. The molecular formula is C30H45N5O4. The molecule has 1 amide bonds. The molecule has 214 valence electrons. The summed E-state index contributed by atoms with van der Waals surface area (Å²) in [6.45, 7) is 12.1. The van der Waals surface area contributed by atoms with Crippen molar-refractivity contribution in [2.45, 2.75) is 58.5 Å². The fraction of sp³-hybridized carbons (Fsp3) is 0.600. The number of methoxy groups -OCH3 is 1. The number of anilines is 3. The second-order valence-electron chi connectivity index (χ2n) is 11.5. The number of piperidine rings is 1. The Morgan fingerprint density at radius 3 is 2.49 bits per heavy atom. The van der Waals surface area contributed by atoms with Crippen molar-refractivity contribution < 1.29 is 19.0 Å². The fourth-order valence-corrected chi connectivity index (χ4v) is 5.01. The summed E-state index contributed by atoms with van der Waals surface area (Å²) >= 11 is 0. The average molecular weight is 540 g/mol. The van der Waals surface area contributed by atoms with Gasteiger partial charge in [-0.3, -0.25) is 0 Å². The number of benzene rings is 1. The van der Waals surface area contributed by atoms with Crippen LogP contribution >= 0.6 is 0 Å². The molecule has 0 aliphatic carbocycles. The van der Waals surface area contributed by atoms with E-state index in [4.69, 9.17) is 14.2 Å². The summed E-state index contributed by atoms with van der Waals surface area (Å²) in [6, 6.07) is 9.87. The van der Waals surface area contributed by atoms with Crippen LogP contribution in [0.2, 0.25) is 0 Å². The highest BCUT2D eigenvalue weighted by Gasteiger charge is 2.26. The van der Waals surface area contributed by atoms with Crippen LogP contribution in [0.4, 0.5) is 22.0 Å². The van der Waals surface area contributed by atoms with E-state index < -0.39 is 5.60 Å². The van der Waals surface area contributed by atoms with Gasteiger partial charge in [-0.1, -0.05) is 0 Å². The Morgan fingerprint density at radius 1 is 1.03 bits per heavy atom. The van der Waals surface area contributed by atoms with Crippen molar-refractivity contribution in [3.63, 3.8) is 0 Å².